The second-order valence-corrected chi connectivity index (χ2v) is 1.30. The van der Waals surface area contributed by atoms with Gasteiger partial charge in [0.2, 0.25) is 0 Å². The minimum Gasteiger partial charge on any atom is -0.446 e. The number of imidazole rings is 1. The average Bonchev–Trinajstić information content (AvgIpc) is 2.12. The lowest BCUT2D eigenvalue weighted by atomic mass is 10.9. The summed E-state index contributed by atoms with van der Waals surface area (Å²) in [6, 6.07) is 0. The molecule has 0 fully saturated rings. The molecule has 1 heterocycles. The molecule has 0 aliphatic carbocycles. The van der Waals surface area contributed by atoms with E-state index < -0.39 is 6.09 Å². The Morgan fingerprint density at radius 1 is 1.75 bits per heavy atom. The minimum atomic E-state index is -0.980. The van der Waals surface area contributed by atoms with Crippen molar-refractivity contribution in [3.05, 3.63) is 18.7 Å². The van der Waals surface area contributed by atoms with E-state index in [-0.39, 0.29) is 0 Å². The van der Waals surface area contributed by atoms with Crippen molar-refractivity contribution in [2.45, 2.75) is 0 Å². The fourth-order valence-corrected chi connectivity index (χ4v) is 0.409. The predicted molar refractivity (Wildman–Crippen MR) is 24.4 cm³/mol. The van der Waals surface area contributed by atoms with Crippen LogP contribution in [0.3, 0.4) is 0 Å². The summed E-state index contributed by atoms with van der Waals surface area (Å²) in [5.41, 5.74) is 0. The van der Waals surface area contributed by atoms with Crippen molar-refractivity contribution >= 4 is 6.09 Å². The summed E-state index contributed by atoms with van der Waals surface area (Å²) < 4.78 is 1.03. The zero-order valence-corrected chi connectivity index (χ0v) is 4.03. The predicted octanol–water partition coefficient (Wildman–Crippen LogP) is -0.172. The number of carboxylic acid groups (broad SMARTS) is 1. The van der Waals surface area contributed by atoms with Crippen molar-refractivity contribution in [2.24, 2.45) is 0 Å². The van der Waals surface area contributed by atoms with Crippen LogP contribution < -0.4 is 4.98 Å². The van der Waals surface area contributed by atoms with Crippen LogP contribution in [-0.4, -0.2) is 15.8 Å². The van der Waals surface area contributed by atoms with Crippen LogP contribution in [0, 0.1) is 0 Å². The molecule has 1 rings (SSSR count). The third-order valence-corrected chi connectivity index (χ3v) is 0.766. The molecule has 0 aromatic carbocycles. The fourth-order valence-electron chi connectivity index (χ4n) is 0.409. The van der Waals surface area contributed by atoms with Gasteiger partial charge in [0.25, 0.3) is 6.33 Å². The van der Waals surface area contributed by atoms with Gasteiger partial charge in [0.1, 0.15) is 12.4 Å². The third-order valence-electron chi connectivity index (χ3n) is 0.766. The lowest BCUT2D eigenvalue weighted by Gasteiger charge is -1.76. The van der Waals surface area contributed by atoms with Gasteiger partial charge < -0.3 is 5.11 Å². The topological polar surface area (TPSA) is 56.4 Å². The van der Waals surface area contributed by atoms with Crippen molar-refractivity contribution in [2.75, 3.05) is 0 Å². The van der Waals surface area contributed by atoms with Gasteiger partial charge in [0.15, 0.2) is 0 Å². The standard InChI is InChI=1S/C4H4N2O2/c7-4(8)6-2-1-5-3-6/h1-3H,(H,7,8)/p+1. The monoisotopic (exact) mass is 113 g/mol. The highest BCUT2D eigenvalue weighted by atomic mass is 16.4. The lowest BCUT2D eigenvalue weighted by molar-refractivity contribution is -0.376. The van der Waals surface area contributed by atoms with Crippen molar-refractivity contribution in [1.29, 1.82) is 0 Å². The van der Waals surface area contributed by atoms with E-state index in [9.17, 15) is 4.79 Å². The van der Waals surface area contributed by atoms with E-state index in [1.807, 2.05) is 0 Å². The summed E-state index contributed by atoms with van der Waals surface area (Å²) in [5, 5.41) is 8.22. The number of nitrogens with one attached hydrogen (secondary N) is 1. The Morgan fingerprint density at radius 3 is 2.75 bits per heavy atom. The summed E-state index contributed by atoms with van der Waals surface area (Å²) in [5.74, 6) is 0. The van der Waals surface area contributed by atoms with Crippen LogP contribution in [-0.2, 0) is 0 Å². The number of rotatable bonds is 0. The highest BCUT2D eigenvalue weighted by Crippen LogP contribution is 1.77. The minimum absolute atomic E-state index is 0.980. The van der Waals surface area contributed by atoms with Crippen LogP contribution in [0.25, 0.3) is 0 Å². The van der Waals surface area contributed by atoms with Gasteiger partial charge in [0.05, 0.1) is 0 Å². The zero-order valence-electron chi connectivity index (χ0n) is 4.03. The number of hydrogen-bond acceptors (Lipinski definition) is 1. The molecule has 0 bridgehead atoms. The summed E-state index contributed by atoms with van der Waals surface area (Å²) in [4.78, 5) is 12.6. The number of aromatic amines is 1. The first-order valence-electron chi connectivity index (χ1n) is 2.08. The van der Waals surface area contributed by atoms with Crippen molar-refractivity contribution in [1.82, 2.24) is 4.57 Å². The van der Waals surface area contributed by atoms with Gasteiger partial charge in [-0.1, -0.05) is 0 Å². The first-order valence-corrected chi connectivity index (χ1v) is 2.08. The van der Waals surface area contributed by atoms with Gasteiger partial charge in [0, 0.05) is 0 Å². The summed E-state index contributed by atoms with van der Waals surface area (Å²) in [7, 11) is 0. The maximum atomic E-state index is 10.0. The molecule has 4 nitrogen and oxygen atoms in total. The molecule has 8 heavy (non-hydrogen) atoms. The van der Waals surface area contributed by atoms with Crippen LogP contribution in [0.4, 0.5) is 4.79 Å². The molecule has 0 spiro atoms. The smallest absolute Gasteiger partial charge is 0.446 e. The Balaban J connectivity index is 2.93. The van der Waals surface area contributed by atoms with Gasteiger partial charge >= 0.3 is 6.09 Å². The molecule has 0 aliphatic rings. The molecule has 0 saturated heterocycles. The van der Waals surface area contributed by atoms with Crippen molar-refractivity contribution in [3.8, 4) is 0 Å². The molecule has 0 atom stereocenters. The van der Waals surface area contributed by atoms with Crippen molar-refractivity contribution < 1.29 is 14.9 Å². The van der Waals surface area contributed by atoms with Crippen LogP contribution in [0.2, 0.25) is 0 Å². The van der Waals surface area contributed by atoms with E-state index in [1.54, 1.807) is 0 Å². The Hall–Kier alpha value is -1.32. The molecule has 0 aliphatic heterocycles. The number of H-pyrrole nitrogens is 1. The van der Waals surface area contributed by atoms with E-state index in [0.717, 1.165) is 4.57 Å². The van der Waals surface area contributed by atoms with Crippen molar-refractivity contribution in [3.63, 3.8) is 0 Å². The maximum Gasteiger partial charge on any atom is 0.509 e. The maximum absolute atomic E-state index is 10.0. The highest BCUT2D eigenvalue weighted by molar-refractivity contribution is 5.67. The second-order valence-electron chi connectivity index (χ2n) is 1.30. The molecular formula is C4H5N2O2+. The zero-order chi connectivity index (χ0) is 5.98. The summed E-state index contributed by atoms with van der Waals surface area (Å²) in [6.07, 6.45) is 3.32. The summed E-state index contributed by atoms with van der Waals surface area (Å²) >= 11 is 0. The Bertz CT molecular complexity index is 180. The fraction of sp³-hybridized carbons (Fsp3) is 0. The van der Waals surface area contributed by atoms with Gasteiger partial charge in [-0.25, -0.2) is 4.98 Å². The van der Waals surface area contributed by atoms with Gasteiger partial charge in [-0.15, -0.1) is 4.57 Å². The molecule has 0 saturated carbocycles. The quantitative estimate of drug-likeness (QED) is 0.507. The summed E-state index contributed by atoms with van der Waals surface area (Å²) in [6.45, 7) is 0. The van der Waals surface area contributed by atoms with Crippen LogP contribution in [0.15, 0.2) is 18.7 Å². The molecule has 1 aromatic heterocycles. The average molecular weight is 113 g/mol. The van der Waals surface area contributed by atoms with E-state index in [2.05, 4.69) is 4.98 Å². The third kappa shape index (κ3) is 0.676. The van der Waals surface area contributed by atoms with Gasteiger partial charge in [-0.3, -0.25) is 0 Å². The molecule has 2 N–H and O–H groups in total. The van der Waals surface area contributed by atoms with E-state index in [4.69, 9.17) is 5.11 Å². The highest BCUT2D eigenvalue weighted by Gasteiger charge is 2.03. The van der Waals surface area contributed by atoms with Gasteiger partial charge in [-0.05, 0) is 0 Å². The first-order chi connectivity index (χ1) is 3.80. The second kappa shape index (κ2) is 1.65. The molecule has 0 unspecified atom stereocenters. The SMILES string of the molecule is O=C(O)n1cc[nH+]c1. The van der Waals surface area contributed by atoms with Crippen LogP contribution >= 0.6 is 0 Å². The van der Waals surface area contributed by atoms with E-state index in [0.29, 0.717) is 0 Å². The van der Waals surface area contributed by atoms with E-state index in [1.165, 1.54) is 18.7 Å². The van der Waals surface area contributed by atoms with E-state index >= 15 is 0 Å². The molecule has 4 heteroatoms. The van der Waals surface area contributed by atoms with Crippen LogP contribution in [0.1, 0.15) is 0 Å². The number of aromatic nitrogens is 2. The van der Waals surface area contributed by atoms with Crippen LogP contribution in [0.5, 0.6) is 0 Å². The molecular weight excluding hydrogens is 108 g/mol. The Morgan fingerprint density at radius 2 is 2.50 bits per heavy atom. The molecule has 0 amide bonds. The largest absolute Gasteiger partial charge is 0.509 e. The molecule has 0 radical (unpaired) electrons. The molecule has 1 aromatic rings. The van der Waals surface area contributed by atoms with Gasteiger partial charge in [-0.2, -0.15) is 4.79 Å². The Labute approximate surface area is 45.4 Å². The number of nitrogens with zero attached hydrogens (tertiary/aromatic N) is 1. The Kier molecular flexibility index (Phi) is 0.997. The lowest BCUT2D eigenvalue weighted by Crippen LogP contribution is -2.06. The molecule has 42 valence electrons. The number of hydrogen-bond donors (Lipinski definition) is 1. The first kappa shape index (κ1) is 4.83. The normalized spacial score (nSPS) is 9.00. The number of carbonyl (C=O) groups is 1.